The molecule has 1 aliphatic heterocycles. The van der Waals surface area contributed by atoms with Gasteiger partial charge < -0.3 is 21.4 Å². The van der Waals surface area contributed by atoms with Crippen LogP contribution >= 0.6 is 0 Å². The normalized spacial score (nSPS) is 16.3. The molecule has 0 radical (unpaired) electrons. The summed E-state index contributed by atoms with van der Waals surface area (Å²) < 4.78 is 39.9. The smallest absolute Gasteiger partial charge is 0.282 e. The highest BCUT2D eigenvalue weighted by Gasteiger charge is 2.43. The number of nitrogens with zero attached hydrogens (tertiary/aromatic N) is 2. The van der Waals surface area contributed by atoms with Crippen molar-refractivity contribution in [2.75, 3.05) is 23.3 Å². The third-order valence-electron chi connectivity index (χ3n) is 4.14. The quantitative estimate of drug-likeness (QED) is 0.675. The van der Waals surface area contributed by atoms with Crippen molar-refractivity contribution in [3.05, 3.63) is 66.0 Å². The Bertz CT molecular complexity index is 883. The maximum Gasteiger partial charge on any atom is 0.282 e. The van der Waals surface area contributed by atoms with Crippen molar-refractivity contribution < 1.29 is 13.2 Å². The summed E-state index contributed by atoms with van der Waals surface area (Å²) in [4.78, 5) is 5.42. The lowest BCUT2D eigenvalue weighted by molar-refractivity contribution is -0.0262. The van der Waals surface area contributed by atoms with Crippen molar-refractivity contribution >= 4 is 29.2 Å². The minimum Gasteiger partial charge on any atom is -0.404 e. The van der Waals surface area contributed by atoms with Crippen molar-refractivity contribution in [2.45, 2.75) is 5.92 Å². The van der Waals surface area contributed by atoms with Crippen LogP contribution in [0.15, 0.2) is 49.1 Å². The van der Waals surface area contributed by atoms with Gasteiger partial charge in [0.25, 0.3) is 5.92 Å². The molecule has 2 heterocycles. The van der Waals surface area contributed by atoms with E-state index in [1.54, 1.807) is 41.4 Å². The number of anilines is 2. The number of aromatic nitrogens is 1. The van der Waals surface area contributed by atoms with Crippen LogP contribution in [-0.4, -0.2) is 30.2 Å². The van der Waals surface area contributed by atoms with Crippen molar-refractivity contribution in [2.24, 2.45) is 5.73 Å². The SMILES string of the molecule is N=C/C(=C\N)c1c(F)cncc1/C=C/Nc1ccc(N2CC(F)(F)C2)cc1. The maximum atomic E-state index is 14.1. The zero-order valence-corrected chi connectivity index (χ0v) is 14.3. The molecule has 0 atom stereocenters. The third-order valence-corrected chi connectivity index (χ3v) is 4.14. The Labute approximate surface area is 154 Å². The second kappa shape index (κ2) is 7.53. The first kappa shape index (κ1) is 18.5. The number of halogens is 3. The summed E-state index contributed by atoms with van der Waals surface area (Å²) in [7, 11) is 0. The number of nitrogens with one attached hydrogen (secondary N) is 2. The molecule has 4 N–H and O–H groups in total. The van der Waals surface area contributed by atoms with Crippen LogP contribution in [0.25, 0.3) is 11.6 Å². The Morgan fingerprint density at radius 1 is 1.22 bits per heavy atom. The number of benzene rings is 1. The van der Waals surface area contributed by atoms with Gasteiger partial charge in [-0.3, -0.25) is 4.98 Å². The Morgan fingerprint density at radius 3 is 2.52 bits per heavy atom. The van der Waals surface area contributed by atoms with Gasteiger partial charge in [-0.05, 0) is 30.3 Å². The van der Waals surface area contributed by atoms with Gasteiger partial charge in [-0.25, -0.2) is 13.2 Å². The van der Waals surface area contributed by atoms with Gasteiger partial charge in [0.2, 0.25) is 0 Å². The number of allylic oxidation sites excluding steroid dienone is 1. The Kier molecular flexibility index (Phi) is 5.16. The van der Waals surface area contributed by atoms with Crippen LogP contribution in [0.5, 0.6) is 0 Å². The average molecular weight is 373 g/mol. The van der Waals surface area contributed by atoms with E-state index in [-0.39, 0.29) is 24.2 Å². The van der Waals surface area contributed by atoms with Crippen molar-refractivity contribution in [1.29, 1.82) is 5.41 Å². The first-order chi connectivity index (χ1) is 12.9. The van der Waals surface area contributed by atoms with Gasteiger partial charge in [-0.2, -0.15) is 0 Å². The number of nitrogens with two attached hydrogens (primary N) is 1. The molecule has 5 nitrogen and oxygen atoms in total. The van der Waals surface area contributed by atoms with E-state index in [0.29, 0.717) is 5.56 Å². The van der Waals surface area contributed by atoms with Crippen molar-refractivity contribution in [1.82, 2.24) is 4.98 Å². The van der Waals surface area contributed by atoms with E-state index in [1.807, 2.05) is 0 Å². The standard InChI is InChI=1S/C19H18F3N5/c20-17-10-25-9-13(18(17)14(7-23)8-24)5-6-26-15-1-3-16(4-2-15)27-11-19(21,22)12-27/h1-10,23,26H,11-12,24H2/b6-5+,14-8+,23-7?. The van der Waals surface area contributed by atoms with Crippen LogP contribution in [0.1, 0.15) is 11.1 Å². The molecule has 1 fully saturated rings. The molecule has 0 bridgehead atoms. The monoisotopic (exact) mass is 373 g/mol. The second-order valence-electron chi connectivity index (χ2n) is 6.09. The van der Waals surface area contributed by atoms with E-state index < -0.39 is 11.7 Å². The Morgan fingerprint density at radius 2 is 1.93 bits per heavy atom. The first-order valence-electron chi connectivity index (χ1n) is 8.16. The van der Waals surface area contributed by atoms with Crippen LogP contribution in [0, 0.1) is 11.2 Å². The maximum absolute atomic E-state index is 14.1. The molecule has 1 aromatic heterocycles. The fourth-order valence-electron chi connectivity index (χ4n) is 2.78. The predicted octanol–water partition coefficient (Wildman–Crippen LogP) is 3.71. The predicted molar refractivity (Wildman–Crippen MR) is 101 cm³/mol. The Balaban J connectivity index is 1.70. The van der Waals surface area contributed by atoms with Crippen LogP contribution in [0.3, 0.4) is 0 Å². The van der Waals surface area contributed by atoms with E-state index in [2.05, 4.69) is 10.3 Å². The first-order valence-corrected chi connectivity index (χ1v) is 8.16. The van der Waals surface area contributed by atoms with Gasteiger partial charge in [0.1, 0.15) is 5.82 Å². The minimum atomic E-state index is -2.61. The molecule has 0 amide bonds. The summed E-state index contributed by atoms with van der Waals surface area (Å²) in [5, 5.41) is 10.4. The summed E-state index contributed by atoms with van der Waals surface area (Å²) in [6.07, 6.45) is 7.88. The molecule has 1 aromatic carbocycles. The van der Waals surface area contributed by atoms with Crippen molar-refractivity contribution in [3.63, 3.8) is 0 Å². The van der Waals surface area contributed by atoms with Gasteiger partial charge in [0, 0.05) is 52.9 Å². The summed E-state index contributed by atoms with van der Waals surface area (Å²) in [6, 6.07) is 7.04. The minimum absolute atomic E-state index is 0.189. The summed E-state index contributed by atoms with van der Waals surface area (Å²) in [6.45, 7) is -0.530. The lowest BCUT2D eigenvalue weighted by Crippen LogP contribution is -2.56. The number of hydrogen-bond donors (Lipinski definition) is 3. The van der Waals surface area contributed by atoms with Gasteiger partial charge in [-0.15, -0.1) is 0 Å². The topological polar surface area (TPSA) is 78.0 Å². The van der Waals surface area contributed by atoms with Crippen LogP contribution in [0.2, 0.25) is 0 Å². The molecule has 0 spiro atoms. The molecule has 1 aliphatic rings. The molecular weight excluding hydrogens is 355 g/mol. The molecule has 0 saturated carbocycles. The number of rotatable bonds is 6. The second-order valence-corrected chi connectivity index (χ2v) is 6.09. The number of alkyl halides is 2. The summed E-state index contributed by atoms with van der Waals surface area (Å²) in [5.41, 5.74) is 7.82. The highest BCUT2D eigenvalue weighted by atomic mass is 19.3. The average Bonchev–Trinajstić information content (AvgIpc) is 2.63. The lowest BCUT2D eigenvalue weighted by atomic mass is 10.0. The zero-order chi connectivity index (χ0) is 19.4. The molecule has 1 saturated heterocycles. The summed E-state index contributed by atoms with van der Waals surface area (Å²) >= 11 is 0. The molecule has 8 heteroatoms. The fourth-order valence-corrected chi connectivity index (χ4v) is 2.78. The van der Waals surface area contributed by atoms with Gasteiger partial charge in [-0.1, -0.05) is 0 Å². The molecular formula is C19H18F3N5. The zero-order valence-electron chi connectivity index (χ0n) is 14.3. The summed E-state index contributed by atoms with van der Waals surface area (Å²) in [5.74, 6) is -3.18. The lowest BCUT2D eigenvalue weighted by Gasteiger charge is -2.40. The number of pyridine rings is 1. The highest BCUT2D eigenvalue weighted by Crippen LogP contribution is 2.32. The molecule has 2 aromatic rings. The highest BCUT2D eigenvalue weighted by molar-refractivity contribution is 6.09. The van der Waals surface area contributed by atoms with E-state index in [9.17, 15) is 13.2 Å². The largest absolute Gasteiger partial charge is 0.404 e. The Hall–Kier alpha value is -3.29. The molecule has 140 valence electrons. The van der Waals surface area contributed by atoms with Gasteiger partial charge >= 0.3 is 0 Å². The molecule has 3 rings (SSSR count). The van der Waals surface area contributed by atoms with Crippen LogP contribution in [0.4, 0.5) is 24.5 Å². The van der Waals surface area contributed by atoms with Crippen molar-refractivity contribution in [3.8, 4) is 0 Å². The fraction of sp³-hybridized carbons (Fsp3) is 0.158. The van der Waals surface area contributed by atoms with E-state index in [0.717, 1.165) is 30.0 Å². The molecule has 0 aliphatic carbocycles. The van der Waals surface area contributed by atoms with Gasteiger partial charge in [0.05, 0.1) is 19.3 Å². The number of hydrogen-bond acceptors (Lipinski definition) is 5. The molecule has 0 unspecified atom stereocenters. The van der Waals surface area contributed by atoms with E-state index >= 15 is 0 Å². The van der Waals surface area contributed by atoms with E-state index in [1.165, 1.54) is 6.20 Å². The van der Waals surface area contributed by atoms with Crippen LogP contribution < -0.4 is 16.0 Å². The van der Waals surface area contributed by atoms with E-state index in [4.69, 9.17) is 11.1 Å². The third kappa shape index (κ3) is 4.11. The van der Waals surface area contributed by atoms with Crippen LogP contribution in [-0.2, 0) is 0 Å². The van der Waals surface area contributed by atoms with Gasteiger partial charge in [0.15, 0.2) is 0 Å². The molecule has 27 heavy (non-hydrogen) atoms.